The number of carbonyl (C=O) groups excluding carboxylic acids is 1. The smallest absolute Gasteiger partial charge is 0.257 e. The molecule has 35 heavy (non-hydrogen) atoms. The van der Waals surface area contributed by atoms with E-state index < -0.39 is 0 Å². The minimum Gasteiger partial charge on any atom is -0.497 e. The molecule has 7 nitrogen and oxygen atoms in total. The number of nitrogens with zero attached hydrogens (tertiary/aromatic N) is 5. The van der Waals surface area contributed by atoms with Crippen molar-refractivity contribution < 1.29 is 13.9 Å². The van der Waals surface area contributed by atoms with E-state index in [4.69, 9.17) is 9.72 Å². The number of hydrogen-bond acceptors (Lipinski definition) is 6. The standard InChI is InChI=1S/C26H26FN5O2S/c1-18-24(15-28-32(18)22-7-5-20(27)6-8-22)26(33)31-13-11-30(12-14-31)16-21-17-35-25(29-21)19-3-9-23(34-2)10-4-19/h3-10,15,17H,11-14,16H2,1-2H3. The molecule has 0 N–H and O–H groups in total. The summed E-state index contributed by atoms with van der Waals surface area (Å²) >= 11 is 1.64. The zero-order valence-electron chi connectivity index (χ0n) is 19.6. The third-order valence-electron chi connectivity index (χ3n) is 6.25. The highest BCUT2D eigenvalue weighted by Crippen LogP contribution is 2.26. The molecule has 0 aliphatic carbocycles. The minimum absolute atomic E-state index is 0.0223. The van der Waals surface area contributed by atoms with Gasteiger partial charge in [-0.25, -0.2) is 14.1 Å². The maximum atomic E-state index is 13.3. The molecule has 1 aliphatic rings. The van der Waals surface area contributed by atoms with Crippen LogP contribution in [0.15, 0.2) is 60.1 Å². The Morgan fingerprint density at radius 1 is 1.06 bits per heavy atom. The van der Waals surface area contributed by atoms with Crippen LogP contribution in [0, 0.1) is 12.7 Å². The van der Waals surface area contributed by atoms with Gasteiger partial charge in [-0.05, 0) is 55.5 Å². The highest BCUT2D eigenvalue weighted by atomic mass is 32.1. The van der Waals surface area contributed by atoms with Crippen LogP contribution in [-0.2, 0) is 6.54 Å². The molecule has 1 fully saturated rings. The van der Waals surface area contributed by atoms with Gasteiger partial charge in [0.2, 0.25) is 0 Å². The van der Waals surface area contributed by atoms with Crippen LogP contribution in [-0.4, -0.2) is 63.8 Å². The van der Waals surface area contributed by atoms with E-state index in [1.54, 1.807) is 41.5 Å². The van der Waals surface area contributed by atoms with E-state index in [0.717, 1.165) is 53.0 Å². The summed E-state index contributed by atoms with van der Waals surface area (Å²) in [7, 11) is 1.66. The number of amides is 1. The average molecular weight is 492 g/mol. The molecule has 9 heteroatoms. The van der Waals surface area contributed by atoms with Crippen molar-refractivity contribution in [2.75, 3.05) is 33.3 Å². The second-order valence-electron chi connectivity index (χ2n) is 8.47. The molecule has 3 heterocycles. The Balaban J connectivity index is 1.18. The van der Waals surface area contributed by atoms with Gasteiger partial charge in [-0.15, -0.1) is 11.3 Å². The van der Waals surface area contributed by atoms with E-state index in [1.807, 2.05) is 36.1 Å². The largest absolute Gasteiger partial charge is 0.497 e. The molecule has 180 valence electrons. The van der Waals surface area contributed by atoms with E-state index >= 15 is 0 Å². The molecule has 2 aromatic heterocycles. The first kappa shape index (κ1) is 23.2. The molecule has 4 aromatic rings. The Hall–Kier alpha value is -3.56. The molecule has 1 amide bonds. The zero-order chi connectivity index (χ0) is 24.4. The fraction of sp³-hybridized carbons (Fsp3) is 0.269. The Morgan fingerprint density at radius 3 is 2.46 bits per heavy atom. The van der Waals surface area contributed by atoms with Gasteiger partial charge in [0.25, 0.3) is 5.91 Å². The summed E-state index contributed by atoms with van der Waals surface area (Å²) in [5.74, 6) is 0.504. The summed E-state index contributed by atoms with van der Waals surface area (Å²) in [5.41, 5.74) is 4.17. The molecule has 0 saturated carbocycles. The lowest BCUT2D eigenvalue weighted by Gasteiger charge is -2.34. The first-order valence-electron chi connectivity index (χ1n) is 11.4. The van der Waals surface area contributed by atoms with Gasteiger partial charge in [-0.2, -0.15) is 5.10 Å². The second kappa shape index (κ2) is 9.97. The first-order valence-corrected chi connectivity index (χ1v) is 12.3. The highest BCUT2D eigenvalue weighted by Gasteiger charge is 2.25. The molecule has 1 aliphatic heterocycles. The average Bonchev–Trinajstić information content (AvgIpc) is 3.51. The fourth-order valence-electron chi connectivity index (χ4n) is 4.22. The van der Waals surface area contributed by atoms with Gasteiger partial charge in [0.05, 0.1) is 35.9 Å². The fourth-order valence-corrected chi connectivity index (χ4v) is 5.03. The summed E-state index contributed by atoms with van der Waals surface area (Å²) in [6.07, 6.45) is 1.60. The summed E-state index contributed by atoms with van der Waals surface area (Å²) in [6.45, 7) is 5.49. The zero-order valence-corrected chi connectivity index (χ0v) is 20.5. The monoisotopic (exact) mass is 491 g/mol. The lowest BCUT2D eigenvalue weighted by atomic mass is 10.2. The summed E-state index contributed by atoms with van der Waals surface area (Å²) in [5, 5.41) is 7.45. The lowest BCUT2D eigenvalue weighted by molar-refractivity contribution is 0.0626. The molecular weight excluding hydrogens is 465 g/mol. The molecule has 5 rings (SSSR count). The van der Waals surface area contributed by atoms with E-state index in [-0.39, 0.29) is 11.7 Å². The number of carbonyl (C=O) groups is 1. The molecular formula is C26H26FN5O2S. The normalized spacial score (nSPS) is 14.3. The number of piperazine rings is 1. The summed E-state index contributed by atoms with van der Waals surface area (Å²) in [6, 6.07) is 14.0. The minimum atomic E-state index is -0.303. The van der Waals surface area contributed by atoms with E-state index in [0.29, 0.717) is 18.7 Å². The van der Waals surface area contributed by atoms with Crippen LogP contribution in [0.3, 0.4) is 0 Å². The number of halogens is 1. The van der Waals surface area contributed by atoms with Crippen LogP contribution in [0.1, 0.15) is 21.7 Å². The predicted molar refractivity (Wildman–Crippen MR) is 134 cm³/mol. The van der Waals surface area contributed by atoms with Crippen LogP contribution in [0.2, 0.25) is 0 Å². The van der Waals surface area contributed by atoms with E-state index in [2.05, 4.69) is 15.4 Å². The van der Waals surface area contributed by atoms with Crippen molar-refractivity contribution in [1.29, 1.82) is 0 Å². The number of aromatic nitrogens is 3. The lowest BCUT2D eigenvalue weighted by Crippen LogP contribution is -2.48. The van der Waals surface area contributed by atoms with E-state index in [9.17, 15) is 9.18 Å². The number of methoxy groups -OCH3 is 1. The second-order valence-corrected chi connectivity index (χ2v) is 9.33. The number of benzene rings is 2. The third kappa shape index (κ3) is 4.96. The SMILES string of the molecule is COc1ccc(-c2nc(CN3CCN(C(=O)c4cnn(-c5ccc(F)cc5)c4C)CC3)cs2)cc1. The predicted octanol–water partition coefficient (Wildman–Crippen LogP) is 4.41. The van der Waals surface area contributed by atoms with Crippen LogP contribution in [0.4, 0.5) is 4.39 Å². The molecule has 0 atom stereocenters. The van der Waals surface area contributed by atoms with Gasteiger partial charge in [0.1, 0.15) is 16.6 Å². The van der Waals surface area contributed by atoms with Crippen molar-refractivity contribution in [1.82, 2.24) is 24.6 Å². The number of rotatable bonds is 6. The number of ether oxygens (including phenoxy) is 1. The third-order valence-corrected chi connectivity index (χ3v) is 7.19. The van der Waals surface area contributed by atoms with Crippen LogP contribution >= 0.6 is 11.3 Å². The number of thiazole rings is 1. The van der Waals surface area contributed by atoms with Crippen LogP contribution in [0.25, 0.3) is 16.3 Å². The molecule has 1 saturated heterocycles. The Kier molecular flexibility index (Phi) is 6.61. The maximum Gasteiger partial charge on any atom is 0.257 e. The van der Waals surface area contributed by atoms with Crippen molar-refractivity contribution in [3.8, 4) is 22.0 Å². The van der Waals surface area contributed by atoms with Gasteiger partial charge in [0, 0.05) is 43.7 Å². The van der Waals surface area contributed by atoms with Crippen LogP contribution in [0.5, 0.6) is 5.75 Å². The van der Waals surface area contributed by atoms with Crippen molar-refractivity contribution in [2.24, 2.45) is 0 Å². The first-order chi connectivity index (χ1) is 17.0. The van der Waals surface area contributed by atoms with Gasteiger partial charge in [-0.3, -0.25) is 9.69 Å². The molecule has 0 spiro atoms. The van der Waals surface area contributed by atoms with Crippen molar-refractivity contribution in [2.45, 2.75) is 13.5 Å². The maximum absolute atomic E-state index is 13.3. The molecule has 2 aromatic carbocycles. The topological polar surface area (TPSA) is 63.5 Å². The van der Waals surface area contributed by atoms with Gasteiger partial charge >= 0.3 is 0 Å². The van der Waals surface area contributed by atoms with Gasteiger partial charge in [0.15, 0.2) is 0 Å². The van der Waals surface area contributed by atoms with Gasteiger partial charge in [-0.1, -0.05) is 0 Å². The number of hydrogen-bond donors (Lipinski definition) is 0. The Labute approximate surface area is 207 Å². The van der Waals surface area contributed by atoms with Crippen molar-refractivity contribution in [3.05, 3.63) is 82.9 Å². The molecule has 0 unspecified atom stereocenters. The Morgan fingerprint density at radius 2 is 1.77 bits per heavy atom. The quantitative estimate of drug-likeness (QED) is 0.400. The Bertz CT molecular complexity index is 1310. The van der Waals surface area contributed by atoms with Crippen molar-refractivity contribution >= 4 is 17.2 Å². The summed E-state index contributed by atoms with van der Waals surface area (Å²) in [4.78, 5) is 22.2. The summed E-state index contributed by atoms with van der Waals surface area (Å²) < 4.78 is 20.2. The van der Waals surface area contributed by atoms with Crippen LogP contribution < -0.4 is 4.74 Å². The van der Waals surface area contributed by atoms with E-state index in [1.165, 1.54) is 12.1 Å². The highest BCUT2D eigenvalue weighted by molar-refractivity contribution is 7.13. The van der Waals surface area contributed by atoms with Crippen molar-refractivity contribution in [3.63, 3.8) is 0 Å². The molecule has 0 bridgehead atoms. The molecule has 0 radical (unpaired) electrons. The van der Waals surface area contributed by atoms with Gasteiger partial charge < -0.3 is 9.64 Å².